The molecular weight excluding hydrogens is 257 g/mol. The third-order valence-electron chi connectivity index (χ3n) is 2.18. The molecule has 0 spiro atoms. The van der Waals surface area contributed by atoms with Crippen molar-refractivity contribution in [3.63, 3.8) is 0 Å². The molecule has 1 rings (SSSR count). The monoisotopic (exact) mass is 273 g/mol. The van der Waals surface area contributed by atoms with Gasteiger partial charge in [0.15, 0.2) is 0 Å². The average molecular weight is 274 g/mol. The first-order valence-electron chi connectivity index (χ1n) is 5.65. The van der Waals surface area contributed by atoms with Gasteiger partial charge in [0.25, 0.3) is 0 Å². The van der Waals surface area contributed by atoms with Crippen molar-refractivity contribution < 1.29 is 4.74 Å². The molecule has 17 heavy (non-hydrogen) atoms. The highest BCUT2D eigenvalue weighted by Crippen LogP contribution is 2.25. The van der Waals surface area contributed by atoms with E-state index < -0.39 is 0 Å². The summed E-state index contributed by atoms with van der Waals surface area (Å²) in [5.74, 6) is 0.681. The molecule has 0 unspecified atom stereocenters. The van der Waals surface area contributed by atoms with Gasteiger partial charge in [0, 0.05) is 12.1 Å². The van der Waals surface area contributed by atoms with Crippen LogP contribution in [0.4, 0.5) is 0 Å². The van der Waals surface area contributed by atoms with E-state index >= 15 is 0 Å². The molecule has 0 aliphatic carbocycles. The van der Waals surface area contributed by atoms with Crippen molar-refractivity contribution in [2.24, 2.45) is 0 Å². The lowest BCUT2D eigenvalue weighted by molar-refractivity contribution is 0.363. The first-order valence-corrected chi connectivity index (χ1v) is 6.46. The summed E-state index contributed by atoms with van der Waals surface area (Å²) < 4.78 is 5.43. The second-order valence-electron chi connectivity index (χ2n) is 3.61. The van der Waals surface area contributed by atoms with Gasteiger partial charge >= 0.3 is 0 Å². The van der Waals surface area contributed by atoms with Crippen molar-refractivity contribution in [1.82, 2.24) is 5.32 Å². The van der Waals surface area contributed by atoms with Gasteiger partial charge in [-0.1, -0.05) is 36.2 Å². The minimum absolute atomic E-state index is 0.427. The Balaban J connectivity index is 2.53. The van der Waals surface area contributed by atoms with Crippen LogP contribution in [0.3, 0.4) is 0 Å². The number of hydrogen-bond acceptors (Lipinski definition) is 2. The lowest BCUT2D eigenvalue weighted by atomic mass is 10.2. The Morgan fingerprint density at radius 3 is 2.88 bits per heavy atom. The molecular formula is C13H17Cl2NO. The summed E-state index contributed by atoms with van der Waals surface area (Å²) in [5.41, 5.74) is 2.58. The Hall–Kier alpha value is -0.700. The molecule has 0 aromatic heterocycles. The minimum Gasteiger partial charge on any atom is -0.488 e. The largest absolute Gasteiger partial charge is 0.488 e. The molecule has 0 heterocycles. The normalized spacial score (nSPS) is 11.0. The highest BCUT2D eigenvalue weighted by Gasteiger charge is 2.02. The number of ether oxygens (including phenoxy) is 1. The van der Waals surface area contributed by atoms with Crippen LogP contribution in [0.1, 0.15) is 18.9 Å². The van der Waals surface area contributed by atoms with Gasteiger partial charge < -0.3 is 10.1 Å². The molecule has 4 heteroatoms. The van der Waals surface area contributed by atoms with Crippen LogP contribution in [-0.2, 0) is 6.54 Å². The van der Waals surface area contributed by atoms with Gasteiger partial charge in [-0.05, 0) is 36.7 Å². The third kappa shape index (κ3) is 5.44. The summed E-state index contributed by atoms with van der Waals surface area (Å²) in [6, 6.07) is 5.81. The van der Waals surface area contributed by atoms with E-state index in [4.69, 9.17) is 27.9 Å². The molecule has 1 N–H and O–H groups in total. The fourth-order valence-electron chi connectivity index (χ4n) is 1.36. The zero-order valence-corrected chi connectivity index (χ0v) is 11.4. The van der Waals surface area contributed by atoms with Crippen LogP contribution in [0.15, 0.2) is 29.8 Å². The van der Waals surface area contributed by atoms with Gasteiger partial charge in [0.1, 0.15) is 12.4 Å². The lowest BCUT2D eigenvalue weighted by Crippen LogP contribution is -2.13. The zero-order chi connectivity index (χ0) is 12.5. The predicted molar refractivity (Wildman–Crippen MR) is 73.9 cm³/mol. The predicted octanol–water partition coefficient (Wildman–Crippen LogP) is 3.97. The molecule has 1 aromatic carbocycles. The van der Waals surface area contributed by atoms with Crippen LogP contribution in [0.2, 0.25) is 5.02 Å². The number of nitrogens with one attached hydrogen (secondary N) is 1. The fourth-order valence-corrected chi connectivity index (χ4v) is 1.69. The number of hydrogen-bond donors (Lipinski definition) is 1. The molecule has 0 radical (unpaired) electrons. The standard InChI is InChI=1S/C13H17Cl2NO/c1-2-7-16-10-11-4-5-13(12(15)9-11)17-8-3-6-14/h3-6,9,16H,2,7-8,10H2,1H3. The second-order valence-corrected chi connectivity index (χ2v) is 4.27. The Bertz CT molecular complexity index is 366. The molecule has 0 aliphatic rings. The van der Waals surface area contributed by atoms with Crippen molar-refractivity contribution in [2.75, 3.05) is 13.2 Å². The summed E-state index contributed by atoms with van der Waals surface area (Å²) in [7, 11) is 0. The number of benzene rings is 1. The van der Waals surface area contributed by atoms with E-state index in [1.165, 1.54) is 5.54 Å². The van der Waals surface area contributed by atoms with Gasteiger partial charge in [-0.3, -0.25) is 0 Å². The van der Waals surface area contributed by atoms with Crippen molar-refractivity contribution in [3.05, 3.63) is 40.4 Å². The van der Waals surface area contributed by atoms with Crippen LogP contribution in [-0.4, -0.2) is 13.2 Å². The maximum absolute atomic E-state index is 6.11. The molecule has 0 fully saturated rings. The first kappa shape index (κ1) is 14.4. The smallest absolute Gasteiger partial charge is 0.138 e. The Labute approximate surface area is 113 Å². The van der Waals surface area contributed by atoms with Crippen LogP contribution >= 0.6 is 23.2 Å². The summed E-state index contributed by atoms with van der Waals surface area (Å²) in [4.78, 5) is 0. The van der Waals surface area contributed by atoms with Crippen LogP contribution in [0, 0.1) is 0 Å². The van der Waals surface area contributed by atoms with Gasteiger partial charge in [0.05, 0.1) is 5.02 Å². The Kier molecular flexibility index (Phi) is 7.10. The summed E-state index contributed by atoms with van der Waals surface area (Å²) in [6.07, 6.45) is 2.84. The van der Waals surface area contributed by atoms with Crippen molar-refractivity contribution >= 4 is 23.2 Å². The number of rotatable bonds is 7. The van der Waals surface area contributed by atoms with Gasteiger partial charge in [-0.2, -0.15) is 0 Å². The van der Waals surface area contributed by atoms with Crippen molar-refractivity contribution in [2.45, 2.75) is 19.9 Å². The first-order chi connectivity index (χ1) is 8.27. The molecule has 2 nitrogen and oxygen atoms in total. The van der Waals surface area contributed by atoms with E-state index in [2.05, 4.69) is 12.2 Å². The second kappa shape index (κ2) is 8.40. The van der Waals surface area contributed by atoms with E-state index in [1.54, 1.807) is 6.08 Å². The fraction of sp³-hybridized carbons (Fsp3) is 0.385. The summed E-state index contributed by atoms with van der Waals surface area (Å²) in [5, 5.41) is 3.95. The summed E-state index contributed by atoms with van der Waals surface area (Å²) in [6.45, 7) is 4.41. The SMILES string of the molecule is CCCNCc1ccc(OCC=CCl)c(Cl)c1. The van der Waals surface area contributed by atoms with E-state index in [-0.39, 0.29) is 0 Å². The topological polar surface area (TPSA) is 21.3 Å². The maximum Gasteiger partial charge on any atom is 0.138 e. The van der Waals surface area contributed by atoms with Gasteiger partial charge in [-0.25, -0.2) is 0 Å². The van der Waals surface area contributed by atoms with Crippen molar-refractivity contribution in [1.29, 1.82) is 0 Å². The van der Waals surface area contributed by atoms with E-state index in [1.807, 2.05) is 18.2 Å². The van der Waals surface area contributed by atoms with E-state index in [0.717, 1.165) is 25.1 Å². The Morgan fingerprint density at radius 1 is 1.41 bits per heavy atom. The lowest BCUT2D eigenvalue weighted by Gasteiger charge is -2.08. The zero-order valence-electron chi connectivity index (χ0n) is 9.88. The highest BCUT2D eigenvalue weighted by atomic mass is 35.5. The minimum atomic E-state index is 0.427. The van der Waals surface area contributed by atoms with Crippen LogP contribution in [0.5, 0.6) is 5.75 Å². The maximum atomic E-state index is 6.11. The summed E-state index contributed by atoms with van der Waals surface area (Å²) >= 11 is 11.5. The van der Waals surface area contributed by atoms with Crippen LogP contribution in [0.25, 0.3) is 0 Å². The molecule has 1 aromatic rings. The molecule has 0 bridgehead atoms. The molecule has 0 aliphatic heterocycles. The highest BCUT2D eigenvalue weighted by molar-refractivity contribution is 6.32. The quantitative estimate of drug-likeness (QED) is 0.759. The molecule has 0 saturated carbocycles. The average Bonchev–Trinajstić information content (AvgIpc) is 2.32. The Morgan fingerprint density at radius 2 is 2.24 bits per heavy atom. The van der Waals surface area contributed by atoms with Gasteiger partial charge in [-0.15, -0.1) is 0 Å². The van der Waals surface area contributed by atoms with E-state index in [9.17, 15) is 0 Å². The van der Waals surface area contributed by atoms with E-state index in [0.29, 0.717) is 17.4 Å². The third-order valence-corrected chi connectivity index (χ3v) is 2.65. The van der Waals surface area contributed by atoms with Crippen molar-refractivity contribution in [3.8, 4) is 5.75 Å². The molecule has 0 amide bonds. The molecule has 94 valence electrons. The van der Waals surface area contributed by atoms with Gasteiger partial charge in [0.2, 0.25) is 0 Å². The number of halogens is 2. The molecule has 0 saturated heterocycles. The molecule has 0 atom stereocenters. The van der Waals surface area contributed by atoms with Crippen LogP contribution < -0.4 is 10.1 Å².